The van der Waals surface area contributed by atoms with E-state index >= 15 is 0 Å². The van der Waals surface area contributed by atoms with Crippen molar-refractivity contribution in [2.45, 2.75) is 13.8 Å². The molecule has 20 heavy (non-hydrogen) atoms. The van der Waals surface area contributed by atoms with E-state index in [0.29, 0.717) is 48.3 Å². The average molecular weight is 301 g/mol. The van der Waals surface area contributed by atoms with Gasteiger partial charge < -0.3 is 20.1 Å². The lowest BCUT2D eigenvalue weighted by Crippen LogP contribution is -2.34. The summed E-state index contributed by atoms with van der Waals surface area (Å²) in [5.74, 6) is 0.276. The summed E-state index contributed by atoms with van der Waals surface area (Å²) < 4.78 is 10.5. The number of nitrogens with zero attached hydrogens (tertiary/aromatic N) is 1. The van der Waals surface area contributed by atoms with Gasteiger partial charge in [0.25, 0.3) is 5.91 Å². The molecule has 1 rings (SSSR count). The fraction of sp³-hybridized carbons (Fsp3) is 0.500. The maximum absolute atomic E-state index is 12.5. The normalized spacial score (nSPS) is 10.4. The summed E-state index contributed by atoms with van der Waals surface area (Å²) in [6.45, 7) is 6.06. The van der Waals surface area contributed by atoms with Gasteiger partial charge in [0.2, 0.25) is 0 Å². The first-order chi connectivity index (χ1) is 9.54. The Balaban J connectivity index is 2.96. The number of likely N-dealkylation sites (N-methyl/N-ethyl adjacent to an activating group) is 1. The summed E-state index contributed by atoms with van der Waals surface area (Å²) in [5.41, 5.74) is 6.51. The van der Waals surface area contributed by atoms with Gasteiger partial charge in [-0.2, -0.15) is 0 Å². The number of rotatable bonds is 7. The van der Waals surface area contributed by atoms with Crippen molar-refractivity contribution in [1.29, 1.82) is 0 Å². The fourth-order valence-electron chi connectivity index (χ4n) is 1.80. The highest BCUT2D eigenvalue weighted by atomic mass is 35.5. The number of benzene rings is 1. The number of amides is 1. The van der Waals surface area contributed by atoms with E-state index in [9.17, 15) is 4.79 Å². The van der Waals surface area contributed by atoms with E-state index in [1.807, 2.05) is 13.8 Å². The highest BCUT2D eigenvalue weighted by Gasteiger charge is 2.20. The fourth-order valence-corrected chi connectivity index (χ4v) is 1.96. The topological polar surface area (TPSA) is 64.8 Å². The molecular formula is C14H21ClN2O3. The summed E-state index contributed by atoms with van der Waals surface area (Å²) >= 11 is 5.99. The van der Waals surface area contributed by atoms with E-state index in [1.165, 1.54) is 7.11 Å². The number of nitrogen functional groups attached to an aromatic ring is 1. The predicted molar refractivity (Wildman–Crippen MR) is 80.5 cm³/mol. The Bertz CT molecular complexity index is 466. The molecule has 0 aliphatic heterocycles. The molecule has 1 aromatic carbocycles. The number of halogens is 1. The van der Waals surface area contributed by atoms with Crippen molar-refractivity contribution in [2.24, 2.45) is 0 Å². The smallest absolute Gasteiger partial charge is 0.257 e. The van der Waals surface area contributed by atoms with Gasteiger partial charge in [0.05, 0.1) is 30.0 Å². The van der Waals surface area contributed by atoms with Crippen LogP contribution in [0.2, 0.25) is 5.02 Å². The van der Waals surface area contributed by atoms with E-state index in [4.69, 9.17) is 26.8 Å². The van der Waals surface area contributed by atoms with Crippen LogP contribution in [0.25, 0.3) is 0 Å². The van der Waals surface area contributed by atoms with E-state index in [2.05, 4.69) is 0 Å². The number of hydrogen-bond acceptors (Lipinski definition) is 4. The standard InChI is InChI=1S/C14H21ClN2O3/c1-4-17(6-7-20-5-2)14(18)10-8-11(15)12(16)9-13(10)19-3/h8-9H,4-7,16H2,1-3H3. The minimum Gasteiger partial charge on any atom is -0.496 e. The van der Waals surface area contributed by atoms with Crippen LogP contribution >= 0.6 is 11.6 Å². The second-order valence-electron chi connectivity index (χ2n) is 4.16. The molecule has 0 unspecified atom stereocenters. The van der Waals surface area contributed by atoms with Gasteiger partial charge in [0.15, 0.2) is 0 Å². The summed E-state index contributed by atoms with van der Waals surface area (Å²) in [4.78, 5) is 14.2. The third kappa shape index (κ3) is 4.02. The Morgan fingerprint density at radius 2 is 2.10 bits per heavy atom. The van der Waals surface area contributed by atoms with Gasteiger partial charge in [-0.25, -0.2) is 0 Å². The number of anilines is 1. The van der Waals surface area contributed by atoms with Crippen LogP contribution in [-0.4, -0.2) is 44.2 Å². The monoisotopic (exact) mass is 300 g/mol. The number of carbonyl (C=O) groups excluding carboxylic acids is 1. The van der Waals surface area contributed by atoms with E-state index in [1.54, 1.807) is 17.0 Å². The third-order valence-corrected chi connectivity index (χ3v) is 3.26. The minimum absolute atomic E-state index is 0.147. The van der Waals surface area contributed by atoms with Crippen molar-refractivity contribution in [3.63, 3.8) is 0 Å². The molecule has 0 saturated carbocycles. The number of methoxy groups -OCH3 is 1. The third-order valence-electron chi connectivity index (χ3n) is 2.93. The maximum atomic E-state index is 12.5. The molecule has 0 saturated heterocycles. The zero-order valence-corrected chi connectivity index (χ0v) is 12.9. The molecule has 5 nitrogen and oxygen atoms in total. The summed E-state index contributed by atoms with van der Waals surface area (Å²) in [6, 6.07) is 3.10. The molecule has 0 bridgehead atoms. The first kappa shape index (κ1) is 16.6. The summed E-state index contributed by atoms with van der Waals surface area (Å²) in [7, 11) is 1.50. The number of ether oxygens (including phenoxy) is 2. The maximum Gasteiger partial charge on any atom is 0.257 e. The summed E-state index contributed by atoms with van der Waals surface area (Å²) in [5, 5.41) is 0.343. The van der Waals surface area contributed by atoms with Gasteiger partial charge in [-0.05, 0) is 19.9 Å². The van der Waals surface area contributed by atoms with Crippen LogP contribution in [0.3, 0.4) is 0 Å². The molecule has 0 heterocycles. The van der Waals surface area contributed by atoms with Crippen molar-refractivity contribution >= 4 is 23.2 Å². The van der Waals surface area contributed by atoms with Crippen molar-refractivity contribution in [3.05, 3.63) is 22.7 Å². The average Bonchev–Trinajstić information content (AvgIpc) is 2.45. The predicted octanol–water partition coefficient (Wildman–Crippen LogP) is 2.43. The first-order valence-electron chi connectivity index (χ1n) is 6.55. The van der Waals surface area contributed by atoms with Gasteiger partial charge in [-0.1, -0.05) is 11.6 Å². The zero-order valence-electron chi connectivity index (χ0n) is 12.1. The molecule has 0 aliphatic rings. The lowest BCUT2D eigenvalue weighted by molar-refractivity contribution is 0.0666. The molecule has 0 fully saturated rings. The lowest BCUT2D eigenvalue weighted by Gasteiger charge is -2.22. The Morgan fingerprint density at radius 1 is 1.40 bits per heavy atom. The molecule has 6 heteroatoms. The van der Waals surface area contributed by atoms with Gasteiger partial charge >= 0.3 is 0 Å². The van der Waals surface area contributed by atoms with Gasteiger partial charge in [-0.3, -0.25) is 4.79 Å². The number of hydrogen-bond donors (Lipinski definition) is 1. The van der Waals surface area contributed by atoms with Crippen LogP contribution < -0.4 is 10.5 Å². The van der Waals surface area contributed by atoms with Gasteiger partial charge in [0, 0.05) is 25.8 Å². The molecule has 1 amide bonds. The molecule has 0 aliphatic carbocycles. The molecule has 0 aromatic heterocycles. The number of nitrogens with two attached hydrogens (primary N) is 1. The Kier molecular flexibility index (Phi) is 6.61. The second kappa shape index (κ2) is 7.97. The van der Waals surface area contributed by atoms with Gasteiger partial charge in [0.1, 0.15) is 5.75 Å². The Morgan fingerprint density at radius 3 is 2.65 bits per heavy atom. The Hall–Kier alpha value is -1.46. The van der Waals surface area contributed by atoms with Crippen LogP contribution in [0.4, 0.5) is 5.69 Å². The minimum atomic E-state index is -0.147. The molecule has 0 spiro atoms. The highest BCUT2D eigenvalue weighted by Crippen LogP contribution is 2.29. The van der Waals surface area contributed by atoms with Gasteiger partial charge in [-0.15, -0.1) is 0 Å². The molecule has 0 radical (unpaired) electrons. The molecule has 0 atom stereocenters. The molecule has 112 valence electrons. The summed E-state index contributed by atoms with van der Waals surface area (Å²) in [6.07, 6.45) is 0. The van der Waals surface area contributed by atoms with E-state index in [0.717, 1.165) is 0 Å². The van der Waals surface area contributed by atoms with E-state index in [-0.39, 0.29) is 5.91 Å². The molecule has 2 N–H and O–H groups in total. The largest absolute Gasteiger partial charge is 0.496 e. The van der Waals surface area contributed by atoms with Crippen LogP contribution in [0, 0.1) is 0 Å². The SMILES string of the molecule is CCOCCN(CC)C(=O)c1cc(Cl)c(N)cc1OC. The van der Waals surface area contributed by atoms with Crippen LogP contribution in [-0.2, 0) is 4.74 Å². The van der Waals surface area contributed by atoms with Crippen molar-refractivity contribution in [3.8, 4) is 5.75 Å². The van der Waals surface area contributed by atoms with E-state index < -0.39 is 0 Å². The molecule has 1 aromatic rings. The Labute approximate surface area is 124 Å². The quantitative estimate of drug-likeness (QED) is 0.620. The zero-order chi connectivity index (χ0) is 15.1. The van der Waals surface area contributed by atoms with Crippen molar-refractivity contribution in [2.75, 3.05) is 39.1 Å². The van der Waals surface area contributed by atoms with Crippen LogP contribution in [0.5, 0.6) is 5.75 Å². The highest BCUT2D eigenvalue weighted by molar-refractivity contribution is 6.33. The molecular weight excluding hydrogens is 280 g/mol. The van der Waals surface area contributed by atoms with Crippen molar-refractivity contribution < 1.29 is 14.3 Å². The second-order valence-corrected chi connectivity index (χ2v) is 4.56. The van der Waals surface area contributed by atoms with Crippen LogP contribution in [0.15, 0.2) is 12.1 Å². The first-order valence-corrected chi connectivity index (χ1v) is 6.92. The number of carbonyl (C=O) groups is 1. The van der Waals surface area contributed by atoms with Crippen molar-refractivity contribution in [1.82, 2.24) is 4.90 Å². The lowest BCUT2D eigenvalue weighted by atomic mass is 10.1. The van der Waals surface area contributed by atoms with Crippen LogP contribution in [0.1, 0.15) is 24.2 Å².